The Morgan fingerprint density at radius 1 is 1.31 bits per heavy atom. The third-order valence-corrected chi connectivity index (χ3v) is 3.74. The van der Waals surface area contributed by atoms with Gasteiger partial charge in [-0.1, -0.05) is 36.8 Å². The van der Waals surface area contributed by atoms with Crippen LogP contribution in [0.3, 0.4) is 0 Å². The van der Waals surface area contributed by atoms with Crippen LogP contribution in [0.25, 0.3) is 0 Å². The van der Waals surface area contributed by atoms with Gasteiger partial charge in [-0.05, 0) is 25.5 Å². The molecule has 2 unspecified atom stereocenters. The van der Waals surface area contributed by atoms with Gasteiger partial charge in [-0.15, -0.1) is 0 Å². The molecule has 1 saturated heterocycles. The standard InChI is InChI=1S/C14H22N2/c1-11-4-6-13(7-5-11)12(2)14-10-15-8-9-16(14)3/h4-7,12,14-15H,8-10H2,1-3H3. The fourth-order valence-corrected chi connectivity index (χ4v) is 2.48. The summed E-state index contributed by atoms with van der Waals surface area (Å²) in [6.45, 7) is 7.85. The number of hydrogen-bond acceptors (Lipinski definition) is 2. The lowest BCUT2D eigenvalue weighted by molar-refractivity contribution is 0.178. The number of likely N-dealkylation sites (N-methyl/N-ethyl adjacent to an activating group) is 1. The summed E-state index contributed by atoms with van der Waals surface area (Å²) >= 11 is 0. The second-order valence-electron chi connectivity index (χ2n) is 4.95. The molecule has 2 heteroatoms. The van der Waals surface area contributed by atoms with Crippen molar-refractivity contribution in [2.45, 2.75) is 25.8 Å². The zero-order valence-electron chi connectivity index (χ0n) is 10.5. The molecule has 1 aliphatic rings. The van der Waals surface area contributed by atoms with Crippen molar-refractivity contribution in [2.75, 3.05) is 26.7 Å². The van der Waals surface area contributed by atoms with Gasteiger partial charge >= 0.3 is 0 Å². The van der Waals surface area contributed by atoms with Gasteiger partial charge in [0.2, 0.25) is 0 Å². The van der Waals surface area contributed by atoms with Crippen LogP contribution in [0, 0.1) is 6.92 Å². The van der Waals surface area contributed by atoms with Gasteiger partial charge in [-0.3, -0.25) is 0 Å². The number of benzene rings is 1. The number of nitrogens with zero attached hydrogens (tertiary/aromatic N) is 1. The summed E-state index contributed by atoms with van der Waals surface area (Å²) in [7, 11) is 2.23. The molecule has 0 spiro atoms. The van der Waals surface area contributed by atoms with Crippen LogP contribution in [0.2, 0.25) is 0 Å². The average molecular weight is 218 g/mol. The van der Waals surface area contributed by atoms with Crippen LogP contribution >= 0.6 is 0 Å². The first kappa shape index (κ1) is 11.6. The summed E-state index contributed by atoms with van der Waals surface area (Å²) in [5.74, 6) is 0.596. The van der Waals surface area contributed by atoms with Gasteiger partial charge in [0.25, 0.3) is 0 Å². The predicted molar refractivity (Wildman–Crippen MR) is 68.9 cm³/mol. The lowest BCUT2D eigenvalue weighted by atomic mass is 9.91. The number of rotatable bonds is 2. The Balaban J connectivity index is 2.11. The maximum Gasteiger partial charge on any atom is 0.0284 e. The molecule has 0 saturated carbocycles. The molecule has 1 heterocycles. The van der Waals surface area contributed by atoms with Gasteiger partial charge in [-0.2, -0.15) is 0 Å². The lowest BCUT2D eigenvalue weighted by Crippen LogP contribution is -2.51. The largest absolute Gasteiger partial charge is 0.314 e. The molecule has 0 amide bonds. The molecule has 1 aromatic carbocycles. The number of hydrogen-bond donors (Lipinski definition) is 1. The second kappa shape index (κ2) is 4.98. The normalized spacial score (nSPS) is 24.3. The highest BCUT2D eigenvalue weighted by Gasteiger charge is 2.25. The van der Waals surface area contributed by atoms with E-state index in [-0.39, 0.29) is 0 Å². The predicted octanol–water partition coefficient (Wildman–Crippen LogP) is 2.00. The Morgan fingerprint density at radius 3 is 2.62 bits per heavy atom. The van der Waals surface area contributed by atoms with E-state index in [1.165, 1.54) is 11.1 Å². The quantitative estimate of drug-likeness (QED) is 0.817. The topological polar surface area (TPSA) is 15.3 Å². The third kappa shape index (κ3) is 2.45. The molecular weight excluding hydrogens is 196 g/mol. The van der Waals surface area contributed by atoms with Gasteiger partial charge < -0.3 is 10.2 Å². The minimum Gasteiger partial charge on any atom is -0.314 e. The van der Waals surface area contributed by atoms with Gasteiger partial charge in [0.15, 0.2) is 0 Å². The highest BCUT2D eigenvalue weighted by Crippen LogP contribution is 2.23. The highest BCUT2D eigenvalue weighted by atomic mass is 15.2. The first-order valence-corrected chi connectivity index (χ1v) is 6.16. The monoisotopic (exact) mass is 218 g/mol. The van der Waals surface area contributed by atoms with Gasteiger partial charge in [-0.25, -0.2) is 0 Å². The van der Waals surface area contributed by atoms with Gasteiger partial charge in [0, 0.05) is 25.7 Å². The van der Waals surface area contributed by atoms with E-state index in [0.717, 1.165) is 19.6 Å². The molecule has 2 rings (SSSR count). The van der Waals surface area contributed by atoms with Gasteiger partial charge in [0.1, 0.15) is 0 Å². The van der Waals surface area contributed by atoms with Crippen LogP contribution in [0.4, 0.5) is 0 Å². The van der Waals surface area contributed by atoms with Crippen LogP contribution in [-0.2, 0) is 0 Å². The Hall–Kier alpha value is -0.860. The second-order valence-corrected chi connectivity index (χ2v) is 4.95. The minimum absolute atomic E-state index is 0.596. The van der Waals surface area contributed by atoms with E-state index < -0.39 is 0 Å². The molecule has 1 N–H and O–H groups in total. The van der Waals surface area contributed by atoms with Crippen molar-refractivity contribution in [1.82, 2.24) is 10.2 Å². The molecule has 1 aromatic rings. The Bertz CT molecular complexity index is 331. The van der Waals surface area contributed by atoms with Crippen molar-refractivity contribution >= 4 is 0 Å². The van der Waals surface area contributed by atoms with Crippen LogP contribution in [0.15, 0.2) is 24.3 Å². The van der Waals surface area contributed by atoms with E-state index in [2.05, 4.69) is 55.4 Å². The minimum atomic E-state index is 0.596. The first-order chi connectivity index (χ1) is 7.68. The highest BCUT2D eigenvalue weighted by molar-refractivity contribution is 5.25. The Morgan fingerprint density at radius 2 is 2.00 bits per heavy atom. The molecule has 2 nitrogen and oxygen atoms in total. The molecule has 0 bridgehead atoms. The summed E-state index contributed by atoms with van der Waals surface area (Å²) < 4.78 is 0. The summed E-state index contributed by atoms with van der Waals surface area (Å²) in [5, 5.41) is 3.49. The molecule has 1 aliphatic heterocycles. The maximum absolute atomic E-state index is 3.49. The fraction of sp³-hybridized carbons (Fsp3) is 0.571. The van der Waals surface area contributed by atoms with Crippen LogP contribution in [0.5, 0.6) is 0 Å². The summed E-state index contributed by atoms with van der Waals surface area (Å²) in [6, 6.07) is 9.58. The molecule has 1 fully saturated rings. The van der Waals surface area contributed by atoms with E-state index >= 15 is 0 Å². The molecule has 0 aromatic heterocycles. The summed E-state index contributed by atoms with van der Waals surface area (Å²) in [6.07, 6.45) is 0. The molecule has 2 atom stereocenters. The van der Waals surface area contributed by atoms with E-state index in [1.807, 2.05) is 0 Å². The molecular formula is C14H22N2. The Labute approximate surface area is 98.7 Å². The van der Waals surface area contributed by atoms with Crippen molar-refractivity contribution in [2.24, 2.45) is 0 Å². The zero-order chi connectivity index (χ0) is 11.5. The average Bonchev–Trinajstić information content (AvgIpc) is 2.30. The van der Waals surface area contributed by atoms with Crippen molar-refractivity contribution in [3.8, 4) is 0 Å². The Kier molecular flexibility index (Phi) is 3.62. The summed E-state index contributed by atoms with van der Waals surface area (Å²) in [4.78, 5) is 2.47. The number of nitrogens with one attached hydrogen (secondary N) is 1. The molecule has 0 aliphatic carbocycles. The zero-order valence-corrected chi connectivity index (χ0v) is 10.5. The maximum atomic E-state index is 3.49. The molecule has 88 valence electrons. The van der Waals surface area contributed by atoms with Gasteiger partial charge in [0.05, 0.1) is 0 Å². The third-order valence-electron chi connectivity index (χ3n) is 3.74. The van der Waals surface area contributed by atoms with Crippen LogP contribution in [-0.4, -0.2) is 37.6 Å². The van der Waals surface area contributed by atoms with Crippen molar-refractivity contribution in [1.29, 1.82) is 0 Å². The van der Waals surface area contributed by atoms with E-state index in [1.54, 1.807) is 0 Å². The van der Waals surface area contributed by atoms with Crippen LogP contribution < -0.4 is 5.32 Å². The fourth-order valence-electron chi connectivity index (χ4n) is 2.48. The van der Waals surface area contributed by atoms with Crippen molar-refractivity contribution < 1.29 is 0 Å². The smallest absolute Gasteiger partial charge is 0.0284 e. The first-order valence-electron chi connectivity index (χ1n) is 6.16. The van der Waals surface area contributed by atoms with Crippen LogP contribution in [0.1, 0.15) is 24.0 Å². The number of aryl methyl sites for hydroxylation is 1. The number of piperazine rings is 1. The molecule has 0 radical (unpaired) electrons. The van der Waals surface area contributed by atoms with E-state index in [4.69, 9.17) is 0 Å². The van der Waals surface area contributed by atoms with E-state index in [0.29, 0.717) is 12.0 Å². The van der Waals surface area contributed by atoms with Crippen molar-refractivity contribution in [3.63, 3.8) is 0 Å². The van der Waals surface area contributed by atoms with E-state index in [9.17, 15) is 0 Å². The molecule has 16 heavy (non-hydrogen) atoms. The summed E-state index contributed by atoms with van der Waals surface area (Å²) in [5.41, 5.74) is 2.79. The van der Waals surface area contributed by atoms with Crippen molar-refractivity contribution in [3.05, 3.63) is 35.4 Å². The SMILES string of the molecule is Cc1ccc(C(C)C2CNCCN2C)cc1. The lowest BCUT2D eigenvalue weighted by Gasteiger charge is -2.37.